The normalized spacial score (nSPS) is 27.6. The van der Waals surface area contributed by atoms with Crippen LogP contribution < -0.4 is 0 Å². The van der Waals surface area contributed by atoms with Gasteiger partial charge in [0, 0.05) is 29.6 Å². The summed E-state index contributed by atoms with van der Waals surface area (Å²) in [5.74, 6) is 0. The van der Waals surface area contributed by atoms with E-state index >= 15 is 0 Å². The number of aliphatic hydroxyl groups is 1. The highest BCUT2D eigenvalue weighted by Gasteiger charge is 2.46. The van der Waals surface area contributed by atoms with Crippen LogP contribution in [0.1, 0.15) is 47.7 Å². The first-order valence-electron chi connectivity index (χ1n) is 9.72. The standard InChI is InChI=1S/C20H22Cl2N4O2S/c1-11-8-26-15(19(22)23-11)5-13(24-26)9-25-4-3-20(7-12(25)2)18-14(6-17(21)29-18)16(27)10-28-20/h5-6,8,12,16,27H,3-4,7,9-10H2,1-2H3/t12-,16?,20+/m0/s1. The number of piperidine rings is 1. The minimum absolute atomic E-state index is 0.299. The largest absolute Gasteiger partial charge is 0.386 e. The van der Waals surface area contributed by atoms with Gasteiger partial charge in [-0.25, -0.2) is 9.50 Å². The van der Waals surface area contributed by atoms with Crippen molar-refractivity contribution in [3.63, 3.8) is 0 Å². The minimum atomic E-state index is -0.590. The van der Waals surface area contributed by atoms with E-state index in [1.165, 1.54) is 11.3 Å². The summed E-state index contributed by atoms with van der Waals surface area (Å²) in [5, 5.41) is 15.5. The van der Waals surface area contributed by atoms with Gasteiger partial charge in [-0.05, 0) is 38.8 Å². The Hall–Kier alpha value is -1.22. The number of nitrogens with zero attached hydrogens (tertiary/aromatic N) is 4. The number of likely N-dealkylation sites (tertiary alicyclic amines) is 1. The quantitative estimate of drug-likeness (QED) is 0.625. The van der Waals surface area contributed by atoms with Gasteiger partial charge in [0.15, 0.2) is 5.15 Å². The summed E-state index contributed by atoms with van der Waals surface area (Å²) in [6.07, 6.45) is 3.02. The molecule has 1 N–H and O–H groups in total. The molecular weight excluding hydrogens is 431 g/mol. The predicted octanol–water partition coefficient (Wildman–Crippen LogP) is 4.35. The number of aliphatic hydroxyl groups excluding tert-OH is 1. The lowest BCUT2D eigenvalue weighted by Crippen LogP contribution is -2.50. The van der Waals surface area contributed by atoms with Gasteiger partial charge in [0.1, 0.15) is 17.2 Å². The third-order valence-corrected chi connectivity index (χ3v) is 7.76. The SMILES string of the molecule is Cc1cn2nc(CN3CC[C@]4(C[C@@H]3C)OCC(O)c3cc(Cl)sc34)cc2c(Cl)n1. The molecule has 3 atom stereocenters. The third-order valence-electron chi connectivity index (χ3n) is 6.02. The number of aryl methyl sites for hydroxylation is 1. The fourth-order valence-electron chi connectivity index (χ4n) is 4.60. The molecule has 0 aliphatic carbocycles. The maximum atomic E-state index is 10.3. The zero-order valence-corrected chi connectivity index (χ0v) is 18.6. The zero-order valence-electron chi connectivity index (χ0n) is 16.2. The molecule has 0 bridgehead atoms. The lowest BCUT2D eigenvalue weighted by molar-refractivity contribution is -0.139. The minimum Gasteiger partial charge on any atom is -0.386 e. The van der Waals surface area contributed by atoms with E-state index in [0.29, 0.717) is 22.1 Å². The van der Waals surface area contributed by atoms with E-state index in [0.717, 1.165) is 53.3 Å². The molecule has 1 spiro atoms. The van der Waals surface area contributed by atoms with Gasteiger partial charge in [0.25, 0.3) is 0 Å². The summed E-state index contributed by atoms with van der Waals surface area (Å²) in [5.41, 5.74) is 3.22. The number of rotatable bonds is 2. The van der Waals surface area contributed by atoms with Gasteiger partial charge < -0.3 is 9.84 Å². The monoisotopic (exact) mass is 452 g/mol. The van der Waals surface area contributed by atoms with Crippen molar-refractivity contribution in [2.45, 2.75) is 51.0 Å². The first-order chi connectivity index (χ1) is 13.8. The zero-order chi connectivity index (χ0) is 20.3. The van der Waals surface area contributed by atoms with Gasteiger partial charge in [0.05, 0.1) is 28.5 Å². The maximum Gasteiger partial charge on any atom is 0.155 e. The fourth-order valence-corrected chi connectivity index (χ4v) is 6.34. The molecule has 0 radical (unpaired) electrons. The lowest BCUT2D eigenvalue weighted by Gasteiger charge is -2.47. The molecule has 9 heteroatoms. The van der Waals surface area contributed by atoms with Crippen molar-refractivity contribution in [3.8, 4) is 0 Å². The molecule has 0 aromatic carbocycles. The molecule has 1 saturated heterocycles. The van der Waals surface area contributed by atoms with E-state index in [1.54, 1.807) is 0 Å². The first-order valence-corrected chi connectivity index (χ1v) is 11.3. The summed E-state index contributed by atoms with van der Waals surface area (Å²) in [6, 6.07) is 4.20. The number of hydrogen-bond donors (Lipinski definition) is 1. The van der Waals surface area contributed by atoms with Crippen LogP contribution in [0.2, 0.25) is 9.49 Å². The Balaban J connectivity index is 1.37. The first kappa shape index (κ1) is 19.7. The van der Waals surface area contributed by atoms with E-state index < -0.39 is 6.10 Å². The van der Waals surface area contributed by atoms with Crippen molar-refractivity contribution in [2.24, 2.45) is 0 Å². The molecular formula is C20H22Cl2N4O2S. The molecule has 1 unspecified atom stereocenters. The second kappa shape index (κ2) is 7.18. The summed E-state index contributed by atoms with van der Waals surface area (Å²) < 4.78 is 8.75. The van der Waals surface area contributed by atoms with Crippen molar-refractivity contribution < 1.29 is 9.84 Å². The molecule has 3 aromatic heterocycles. The number of fused-ring (bicyclic) bond motifs is 3. The van der Waals surface area contributed by atoms with Gasteiger partial charge in [0.2, 0.25) is 0 Å². The van der Waals surface area contributed by atoms with Crippen LogP contribution in [0.3, 0.4) is 0 Å². The van der Waals surface area contributed by atoms with Gasteiger partial charge in [-0.15, -0.1) is 11.3 Å². The van der Waals surface area contributed by atoms with E-state index in [1.807, 2.05) is 29.8 Å². The number of hydrogen-bond acceptors (Lipinski definition) is 6. The highest BCUT2D eigenvalue weighted by atomic mass is 35.5. The molecule has 3 aromatic rings. The van der Waals surface area contributed by atoms with Crippen LogP contribution in [-0.2, 0) is 16.9 Å². The van der Waals surface area contributed by atoms with E-state index in [4.69, 9.17) is 27.9 Å². The molecule has 5 rings (SSSR count). The Morgan fingerprint density at radius 1 is 1.38 bits per heavy atom. The number of halogens is 2. The summed E-state index contributed by atoms with van der Waals surface area (Å²) >= 11 is 14.1. The smallest absolute Gasteiger partial charge is 0.155 e. The average molecular weight is 453 g/mol. The average Bonchev–Trinajstić information content (AvgIpc) is 3.25. The van der Waals surface area contributed by atoms with Gasteiger partial charge in [-0.1, -0.05) is 23.2 Å². The van der Waals surface area contributed by atoms with E-state index in [9.17, 15) is 5.11 Å². The van der Waals surface area contributed by atoms with Crippen LogP contribution in [0.25, 0.3) is 5.52 Å². The summed E-state index contributed by atoms with van der Waals surface area (Å²) in [7, 11) is 0. The van der Waals surface area contributed by atoms with E-state index in [-0.39, 0.29) is 5.60 Å². The van der Waals surface area contributed by atoms with Gasteiger partial charge in [-0.3, -0.25) is 4.90 Å². The molecule has 6 nitrogen and oxygen atoms in total. The van der Waals surface area contributed by atoms with Crippen LogP contribution in [0, 0.1) is 6.92 Å². The molecule has 1 fully saturated rings. The van der Waals surface area contributed by atoms with Crippen molar-refractivity contribution in [1.29, 1.82) is 0 Å². The number of aromatic nitrogens is 3. The molecule has 154 valence electrons. The van der Waals surface area contributed by atoms with Crippen LogP contribution in [0.15, 0.2) is 18.3 Å². The molecule has 2 aliphatic heterocycles. The molecule has 29 heavy (non-hydrogen) atoms. The van der Waals surface area contributed by atoms with E-state index in [2.05, 4.69) is 21.9 Å². The van der Waals surface area contributed by atoms with Crippen LogP contribution in [-0.4, -0.2) is 43.8 Å². The molecule has 0 amide bonds. The highest BCUT2D eigenvalue weighted by molar-refractivity contribution is 7.16. The highest BCUT2D eigenvalue weighted by Crippen LogP contribution is 2.50. The molecule has 5 heterocycles. The lowest BCUT2D eigenvalue weighted by atomic mass is 9.81. The maximum absolute atomic E-state index is 10.3. The Morgan fingerprint density at radius 2 is 2.21 bits per heavy atom. The second-order valence-electron chi connectivity index (χ2n) is 8.07. The fraction of sp³-hybridized carbons (Fsp3) is 0.500. The van der Waals surface area contributed by atoms with Gasteiger partial charge >= 0.3 is 0 Å². The number of ether oxygens (including phenoxy) is 1. The Morgan fingerprint density at radius 3 is 3.00 bits per heavy atom. The number of thiophene rings is 1. The topological polar surface area (TPSA) is 62.9 Å². The Labute approximate surface area is 183 Å². The summed E-state index contributed by atoms with van der Waals surface area (Å²) in [4.78, 5) is 7.82. The second-order valence-corrected chi connectivity index (χ2v) is 10.1. The van der Waals surface area contributed by atoms with Crippen molar-refractivity contribution in [2.75, 3.05) is 13.2 Å². The molecule has 0 saturated carbocycles. The molecule has 2 aliphatic rings. The third kappa shape index (κ3) is 3.38. The van der Waals surface area contributed by atoms with Crippen molar-refractivity contribution in [1.82, 2.24) is 19.5 Å². The van der Waals surface area contributed by atoms with Crippen LogP contribution in [0.4, 0.5) is 0 Å². The Bertz CT molecular complexity index is 1080. The Kier molecular flexibility index (Phi) is 4.89. The van der Waals surface area contributed by atoms with Crippen LogP contribution >= 0.6 is 34.5 Å². The van der Waals surface area contributed by atoms with Crippen molar-refractivity contribution >= 4 is 40.1 Å². The van der Waals surface area contributed by atoms with Gasteiger partial charge in [-0.2, -0.15) is 5.10 Å². The van der Waals surface area contributed by atoms with Crippen LogP contribution in [0.5, 0.6) is 0 Å². The summed E-state index contributed by atoms with van der Waals surface area (Å²) in [6.45, 7) is 6.08. The van der Waals surface area contributed by atoms with Crippen molar-refractivity contribution in [3.05, 3.63) is 49.6 Å². The predicted molar refractivity (Wildman–Crippen MR) is 114 cm³/mol.